The molecule has 9 heteroatoms. The van der Waals surface area contributed by atoms with Crippen molar-refractivity contribution in [3.63, 3.8) is 0 Å². The summed E-state index contributed by atoms with van der Waals surface area (Å²) in [6.07, 6.45) is 0.927. The molecule has 3 aromatic rings. The molecule has 7 nitrogen and oxygen atoms in total. The molecule has 35 heavy (non-hydrogen) atoms. The summed E-state index contributed by atoms with van der Waals surface area (Å²) >= 11 is 6.79. The molecule has 0 aliphatic carbocycles. The Bertz CT molecular complexity index is 1140. The molecular weight excluding hydrogens is 480 g/mol. The van der Waals surface area contributed by atoms with Gasteiger partial charge in [0.25, 0.3) is 11.8 Å². The zero-order valence-corrected chi connectivity index (χ0v) is 21.2. The van der Waals surface area contributed by atoms with Gasteiger partial charge in [0, 0.05) is 43.1 Å². The number of hydrogen-bond donors (Lipinski definition) is 2. The molecule has 2 N–H and O–H groups in total. The summed E-state index contributed by atoms with van der Waals surface area (Å²) in [5.74, 6) is 0.561. The normalized spacial score (nSPS) is 13.3. The van der Waals surface area contributed by atoms with E-state index >= 15 is 0 Å². The number of piperazine rings is 1. The number of anilines is 2. The van der Waals surface area contributed by atoms with Crippen LogP contribution in [-0.2, 0) is 0 Å². The third-order valence-corrected chi connectivity index (χ3v) is 6.67. The average molecular weight is 509 g/mol. The number of thiocarbonyl (C=S) groups is 1. The van der Waals surface area contributed by atoms with E-state index < -0.39 is 0 Å². The van der Waals surface area contributed by atoms with Gasteiger partial charge in [-0.3, -0.25) is 14.9 Å². The monoisotopic (exact) mass is 508 g/mol. The lowest BCUT2D eigenvalue weighted by Crippen LogP contribution is -2.48. The lowest BCUT2D eigenvalue weighted by atomic mass is 10.2. The van der Waals surface area contributed by atoms with Crippen molar-refractivity contribution in [1.82, 2.24) is 10.2 Å². The highest BCUT2D eigenvalue weighted by molar-refractivity contribution is 7.80. The topological polar surface area (TPSA) is 73.9 Å². The molecule has 1 fully saturated rings. The summed E-state index contributed by atoms with van der Waals surface area (Å²) in [4.78, 5) is 30.0. The van der Waals surface area contributed by atoms with Gasteiger partial charge in [-0.1, -0.05) is 13.0 Å². The lowest BCUT2D eigenvalue weighted by molar-refractivity contribution is 0.0751. The molecule has 0 spiro atoms. The van der Waals surface area contributed by atoms with E-state index in [4.69, 9.17) is 17.0 Å². The highest BCUT2D eigenvalue weighted by atomic mass is 32.1. The SMILES string of the molecule is CCCOc1ccc(C(=O)NC(=S)Nc2ccc(N3CCN(C(=O)c4cccs4)CC3)cc2)cc1. The van der Waals surface area contributed by atoms with Gasteiger partial charge in [0.15, 0.2) is 5.11 Å². The molecule has 2 amide bonds. The zero-order valence-electron chi connectivity index (χ0n) is 19.5. The molecule has 1 aliphatic rings. The summed E-state index contributed by atoms with van der Waals surface area (Å²) < 4.78 is 5.54. The van der Waals surface area contributed by atoms with Crippen molar-refractivity contribution in [3.05, 3.63) is 76.5 Å². The smallest absolute Gasteiger partial charge is 0.264 e. The largest absolute Gasteiger partial charge is 0.494 e. The molecule has 0 bridgehead atoms. The molecule has 0 saturated carbocycles. The predicted molar refractivity (Wildman–Crippen MR) is 145 cm³/mol. The number of hydrogen-bond acceptors (Lipinski definition) is 6. The zero-order chi connectivity index (χ0) is 24.6. The first-order chi connectivity index (χ1) is 17.0. The van der Waals surface area contributed by atoms with Gasteiger partial charge < -0.3 is 19.9 Å². The van der Waals surface area contributed by atoms with Crippen LogP contribution in [0.3, 0.4) is 0 Å². The standard InChI is InChI=1S/C26H28N4O3S2/c1-2-17-33-22-11-5-19(6-12-22)24(31)28-26(34)27-20-7-9-21(10-8-20)29-13-15-30(16-14-29)25(32)23-4-3-18-35-23/h3-12,18H,2,13-17H2,1H3,(H2,27,28,31,34). The Morgan fingerprint density at radius 1 is 1.00 bits per heavy atom. The Morgan fingerprint density at radius 2 is 1.71 bits per heavy atom. The minimum Gasteiger partial charge on any atom is -0.494 e. The van der Waals surface area contributed by atoms with E-state index in [1.807, 2.05) is 53.6 Å². The maximum absolute atomic E-state index is 12.5. The fraction of sp³-hybridized carbons (Fsp3) is 0.269. The van der Waals surface area contributed by atoms with E-state index in [2.05, 4.69) is 15.5 Å². The van der Waals surface area contributed by atoms with E-state index in [9.17, 15) is 9.59 Å². The molecule has 0 atom stereocenters. The predicted octanol–water partition coefficient (Wildman–Crippen LogP) is 4.63. The quantitative estimate of drug-likeness (QED) is 0.454. The number of nitrogens with zero attached hydrogens (tertiary/aromatic N) is 2. The number of benzene rings is 2. The number of carbonyl (C=O) groups excluding carboxylic acids is 2. The maximum Gasteiger partial charge on any atom is 0.264 e. The first-order valence-electron chi connectivity index (χ1n) is 11.6. The summed E-state index contributed by atoms with van der Waals surface area (Å²) in [6.45, 7) is 5.63. The van der Waals surface area contributed by atoms with Gasteiger partial charge in [0.05, 0.1) is 11.5 Å². The minimum absolute atomic E-state index is 0.107. The van der Waals surface area contributed by atoms with Crippen LogP contribution in [0.4, 0.5) is 11.4 Å². The molecule has 1 aromatic heterocycles. The van der Waals surface area contributed by atoms with Gasteiger partial charge >= 0.3 is 0 Å². The van der Waals surface area contributed by atoms with Gasteiger partial charge in [0.1, 0.15) is 5.75 Å². The molecule has 2 aromatic carbocycles. The van der Waals surface area contributed by atoms with Crippen LogP contribution in [0, 0.1) is 0 Å². The minimum atomic E-state index is -0.281. The van der Waals surface area contributed by atoms with Crippen LogP contribution in [0.1, 0.15) is 33.4 Å². The first-order valence-corrected chi connectivity index (χ1v) is 12.9. The fourth-order valence-corrected chi connectivity index (χ4v) is 4.64. The molecule has 182 valence electrons. The van der Waals surface area contributed by atoms with E-state index in [-0.39, 0.29) is 16.9 Å². The summed E-state index contributed by atoms with van der Waals surface area (Å²) in [7, 11) is 0. The number of thiophene rings is 1. The molecule has 0 unspecified atom stereocenters. The van der Waals surface area contributed by atoms with E-state index in [1.165, 1.54) is 11.3 Å². The van der Waals surface area contributed by atoms with Crippen LogP contribution < -0.4 is 20.3 Å². The third kappa shape index (κ3) is 6.58. The van der Waals surface area contributed by atoms with Crippen LogP contribution in [0.2, 0.25) is 0 Å². The Hall–Kier alpha value is -3.43. The van der Waals surface area contributed by atoms with Crippen molar-refractivity contribution in [1.29, 1.82) is 0 Å². The van der Waals surface area contributed by atoms with Crippen molar-refractivity contribution < 1.29 is 14.3 Å². The molecule has 4 rings (SSSR count). The highest BCUT2D eigenvalue weighted by Gasteiger charge is 2.22. The fourth-order valence-electron chi connectivity index (χ4n) is 3.74. The Kier molecular flexibility index (Phi) is 8.33. The van der Waals surface area contributed by atoms with Crippen molar-refractivity contribution in [2.45, 2.75) is 13.3 Å². The molecule has 0 radical (unpaired) electrons. The second kappa shape index (κ2) is 11.8. The Morgan fingerprint density at radius 3 is 2.34 bits per heavy atom. The van der Waals surface area contributed by atoms with E-state index in [1.54, 1.807) is 24.3 Å². The van der Waals surface area contributed by atoms with Gasteiger partial charge in [-0.2, -0.15) is 0 Å². The van der Waals surface area contributed by atoms with Crippen molar-refractivity contribution in [3.8, 4) is 5.75 Å². The number of nitrogens with one attached hydrogen (secondary N) is 2. The number of carbonyl (C=O) groups is 2. The van der Waals surface area contributed by atoms with E-state index in [0.717, 1.165) is 41.5 Å². The average Bonchev–Trinajstić information content (AvgIpc) is 3.43. The van der Waals surface area contributed by atoms with Crippen molar-refractivity contribution in [2.75, 3.05) is 43.0 Å². The maximum atomic E-state index is 12.5. The second-order valence-electron chi connectivity index (χ2n) is 8.08. The van der Waals surface area contributed by atoms with Crippen LogP contribution in [-0.4, -0.2) is 54.6 Å². The summed E-state index contributed by atoms with van der Waals surface area (Å²) in [5, 5.41) is 7.92. The summed E-state index contributed by atoms with van der Waals surface area (Å²) in [6, 6.07) is 18.6. The summed E-state index contributed by atoms with van der Waals surface area (Å²) in [5.41, 5.74) is 2.37. The molecule has 1 aliphatic heterocycles. The highest BCUT2D eigenvalue weighted by Crippen LogP contribution is 2.21. The molecule has 2 heterocycles. The van der Waals surface area contributed by atoms with Gasteiger partial charge in [-0.05, 0) is 78.6 Å². The number of amides is 2. The third-order valence-electron chi connectivity index (χ3n) is 5.61. The van der Waals surface area contributed by atoms with Crippen LogP contribution in [0.15, 0.2) is 66.0 Å². The first kappa shape index (κ1) is 24.7. The number of rotatable bonds is 7. The second-order valence-corrected chi connectivity index (χ2v) is 9.44. The van der Waals surface area contributed by atoms with E-state index in [0.29, 0.717) is 25.3 Å². The number of ether oxygens (including phenoxy) is 1. The van der Waals surface area contributed by atoms with Crippen LogP contribution in [0.25, 0.3) is 0 Å². The molecular formula is C26H28N4O3S2. The van der Waals surface area contributed by atoms with Crippen LogP contribution >= 0.6 is 23.6 Å². The van der Waals surface area contributed by atoms with Gasteiger partial charge in [-0.25, -0.2) is 0 Å². The Labute approximate surface area is 214 Å². The van der Waals surface area contributed by atoms with Gasteiger partial charge in [-0.15, -0.1) is 11.3 Å². The Balaban J connectivity index is 1.25. The molecule has 1 saturated heterocycles. The lowest BCUT2D eigenvalue weighted by Gasteiger charge is -2.36. The van der Waals surface area contributed by atoms with Crippen molar-refractivity contribution in [2.24, 2.45) is 0 Å². The van der Waals surface area contributed by atoms with Crippen LogP contribution in [0.5, 0.6) is 5.75 Å². The van der Waals surface area contributed by atoms with Crippen molar-refractivity contribution >= 4 is 51.9 Å². The van der Waals surface area contributed by atoms with Gasteiger partial charge in [0.2, 0.25) is 0 Å².